The van der Waals surface area contributed by atoms with Gasteiger partial charge >= 0.3 is 0 Å². The van der Waals surface area contributed by atoms with E-state index in [1.165, 1.54) is 19.1 Å². The Bertz CT molecular complexity index is 1150. The molecular formula is C23H28N4O5S. The summed E-state index contributed by atoms with van der Waals surface area (Å²) >= 11 is 0. The molecule has 1 aromatic carbocycles. The number of fused-ring (bicyclic) bond motifs is 1. The zero-order valence-corrected chi connectivity index (χ0v) is 19.6. The third-order valence-corrected chi connectivity index (χ3v) is 7.72. The average molecular weight is 473 g/mol. The second-order valence-corrected chi connectivity index (χ2v) is 10.3. The lowest BCUT2D eigenvalue weighted by molar-refractivity contribution is -0.140. The highest BCUT2D eigenvalue weighted by Gasteiger charge is 2.56. The number of rotatable bonds is 8. The van der Waals surface area contributed by atoms with Crippen LogP contribution in [0.4, 0.5) is 0 Å². The van der Waals surface area contributed by atoms with Gasteiger partial charge in [0.05, 0.1) is 30.3 Å². The summed E-state index contributed by atoms with van der Waals surface area (Å²) in [4.78, 5) is 32.0. The topological polar surface area (TPSA) is 118 Å². The number of aryl methyl sites for hydroxylation is 1. The van der Waals surface area contributed by atoms with E-state index in [1.54, 1.807) is 42.5 Å². The van der Waals surface area contributed by atoms with Gasteiger partial charge in [0.25, 0.3) is 0 Å². The zero-order chi connectivity index (χ0) is 23.8. The van der Waals surface area contributed by atoms with Crippen LogP contribution in [0, 0.1) is 12.8 Å². The van der Waals surface area contributed by atoms with Gasteiger partial charge in [0.2, 0.25) is 21.8 Å². The lowest BCUT2D eigenvalue weighted by atomic mass is 10.1. The third kappa shape index (κ3) is 5.01. The number of piperidine rings is 1. The van der Waals surface area contributed by atoms with E-state index in [-0.39, 0.29) is 29.3 Å². The van der Waals surface area contributed by atoms with E-state index in [1.807, 2.05) is 6.92 Å². The number of hydrogen-bond donors (Lipinski definition) is 2. The summed E-state index contributed by atoms with van der Waals surface area (Å²) in [6, 6.07) is 8.22. The van der Waals surface area contributed by atoms with Crippen molar-refractivity contribution in [2.75, 3.05) is 7.11 Å². The van der Waals surface area contributed by atoms with Crippen LogP contribution >= 0.6 is 0 Å². The summed E-state index contributed by atoms with van der Waals surface area (Å²) in [5.41, 5.74) is 1.58. The van der Waals surface area contributed by atoms with Crippen molar-refractivity contribution in [3.8, 4) is 5.75 Å². The Morgan fingerprint density at radius 1 is 1.21 bits per heavy atom. The monoisotopic (exact) mass is 472 g/mol. The van der Waals surface area contributed by atoms with Crippen molar-refractivity contribution in [2.45, 2.75) is 56.3 Å². The van der Waals surface area contributed by atoms with Crippen LogP contribution in [0.2, 0.25) is 0 Å². The summed E-state index contributed by atoms with van der Waals surface area (Å²) < 4.78 is 33.1. The Morgan fingerprint density at radius 3 is 2.64 bits per heavy atom. The van der Waals surface area contributed by atoms with E-state index >= 15 is 0 Å². The van der Waals surface area contributed by atoms with Crippen LogP contribution < -0.4 is 14.8 Å². The molecule has 2 fully saturated rings. The smallest absolute Gasteiger partial charge is 0.243 e. The summed E-state index contributed by atoms with van der Waals surface area (Å²) in [5.74, 6) is 0.257. The molecular weight excluding hydrogens is 444 g/mol. The summed E-state index contributed by atoms with van der Waals surface area (Å²) in [6.45, 7) is 3.59. The third-order valence-electron chi connectivity index (χ3n) is 6.16. The predicted molar refractivity (Wildman–Crippen MR) is 121 cm³/mol. The standard InChI is InChI=1S/C23H28N4O5S/c1-14-4-6-19(7-5-14)33(30,31)26-15(2)23(29)27-20-10-16(20)11-21(27)22(28)25-13-17-12-18(32-3)8-9-24-17/h4-9,12,15-16,20-21,26H,10-11,13H2,1-3H3,(H,25,28)/t15-,16+,20+,21-/m0/s1. The summed E-state index contributed by atoms with van der Waals surface area (Å²) in [5, 5.41) is 2.85. The Morgan fingerprint density at radius 2 is 1.94 bits per heavy atom. The molecule has 1 saturated heterocycles. The highest BCUT2D eigenvalue weighted by atomic mass is 32.2. The van der Waals surface area contributed by atoms with E-state index in [0.717, 1.165) is 12.0 Å². The first-order valence-electron chi connectivity index (χ1n) is 10.9. The molecule has 4 atom stereocenters. The van der Waals surface area contributed by atoms with Crippen molar-refractivity contribution >= 4 is 21.8 Å². The van der Waals surface area contributed by atoms with E-state index in [9.17, 15) is 18.0 Å². The molecule has 1 saturated carbocycles. The van der Waals surface area contributed by atoms with Gasteiger partial charge in [-0.05, 0) is 50.8 Å². The Labute approximate surface area is 193 Å². The van der Waals surface area contributed by atoms with Crippen molar-refractivity contribution in [1.82, 2.24) is 19.9 Å². The first kappa shape index (κ1) is 23.2. The second-order valence-electron chi connectivity index (χ2n) is 8.62. The minimum absolute atomic E-state index is 0.0190. The molecule has 1 aromatic heterocycles. The number of nitrogens with one attached hydrogen (secondary N) is 2. The Hall–Kier alpha value is -2.98. The van der Waals surface area contributed by atoms with Crippen molar-refractivity contribution in [3.05, 3.63) is 53.9 Å². The van der Waals surface area contributed by atoms with Crippen molar-refractivity contribution < 1.29 is 22.7 Å². The molecule has 1 aliphatic heterocycles. The number of likely N-dealkylation sites (tertiary alicyclic amines) is 1. The predicted octanol–water partition coefficient (Wildman–Crippen LogP) is 1.37. The van der Waals surface area contributed by atoms with E-state index in [4.69, 9.17) is 4.74 Å². The molecule has 9 nitrogen and oxygen atoms in total. The molecule has 33 heavy (non-hydrogen) atoms. The lowest BCUT2D eigenvalue weighted by Crippen LogP contribution is -2.53. The van der Waals surface area contributed by atoms with Gasteiger partial charge in [0.15, 0.2) is 0 Å². The Balaban J connectivity index is 1.41. The summed E-state index contributed by atoms with van der Waals surface area (Å²) in [7, 11) is -2.31. The van der Waals surface area contributed by atoms with E-state index in [2.05, 4.69) is 15.0 Å². The number of ether oxygens (including phenoxy) is 1. The second kappa shape index (κ2) is 9.11. The first-order chi connectivity index (χ1) is 15.7. The van der Waals surface area contributed by atoms with Gasteiger partial charge in [-0.15, -0.1) is 0 Å². The molecule has 0 bridgehead atoms. The number of aromatic nitrogens is 1. The molecule has 1 aliphatic carbocycles. The Kier molecular flexibility index (Phi) is 6.40. The average Bonchev–Trinajstić information content (AvgIpc) is 3.46. The molecule has 2 heterocycles. The fourth-order valence-corrected chi connectivity index (χ4v) is 5.47. The molecule has 0 unspecified atom stereocenters. The lowest BCUT2D eigenvalue weighted by Gasteiger charge is -2.29. The van der Waals surface area contributed by atoms with Gasteiger partial charge < -0.3 is 15.0 Å². The van der Waals surface area contributed by atoms with Gasteiger partial charge in [0, 0.05) is 18.3 Å². The number of carbonyl (C=O) groups is 2. The molecule has 176 valence electrons. The molecule has 4 rings (SSSR count). The van der Waals surface area contributed by atoms with Gasteiger partial charge in [-0.25, -0.2) is 8.42 Å². The van der Waals surface area contributed by atoms with Crippen LogP contribution in [-0.2, 0) is 26.2 Å². The van der Waals surface area contributed by atoms with Gasteiger partial charge in [-0.2, -0.15) is 4.72 Å². The van der Waals surface area contributed by atoms with Crippen LogP contribution in [0.25, 0.3) is 0 Å². The zero-order valence-electron chi connectivity index (χ0n) is 18.8. The molecule has 2 aromatic rings. The van der Waals surface area contributed by atoms with Gasteiger partial charge in [-0.1, -0.05) is 17.7 Å². The molecule has 0 radical (unpaired) electrons. The molecule has 2 aliphatic rings. The largest absolute Gasteiger partial charge is 0.497 e. The minimum Gasteiger partial charge on any atom is -0.497 e. The van der Waals surface area contributed by atoms with Crippen LogP contribution in [0.3, 0.4) is 0 Å². The molecule has 10 heteroatoms. The highest BCUT2D eigenvalue weighted by Crippen LogP contribution is 2.48. The van der Waals surface area contributed by atoms with Gasteiger partial charge in [-0.3, -0.25) is 14.6 Å². The van der Waals surface area contributed by atoms with Crippen LogP contribution in [0.15, 0.2) is 47.5 Å². The van der Waals surface area contributed by atoms with Crippen LogP contribution in [-0.4, -0.2) is 55.4 Å². The van der Waals surface area contributed by atoms with Crippen molar-refractivity contribution in [2.24, 2.45) is 5.92 Å². The molecule has 2 N–H and O–H groups in total. The molecule has 2 amide bonds. The number of methoxy groups -OCH3 is 1. The SMILES string of the molecule is COc1ccnc(CNC(=O)[C@@H]2C[C@H]3C[C@H]3N2C(=O)[C@H](C)NS(=O)(=O)c2ccc(C)cc2)c1. The maximum Gasteiger partial charge on any atom is 0.243 e. The van der Waals surface area contributed by atoms with Crippen molar-refractivity contribution in [3.63, 3.8) is 0 Å². The molecule has 0 spiro atoms. The number of hydrogen-bond acceptors (Lipinski definition) is 6. The number of sulfonamides is 1. The fourth-order valence-electron chi connectivity index (χ4n) is 4.27. The number of pyridine rings is 1. The maximum absolute atomic E-state index is 13.2. The summed E-state index contributed by atoms with van der Waals surface area (Å²) in [6.07, 6.45) is 3.01. The fraction of sp³-hybridized carbons (Fsp3) is 0.435. The number of benzene rings is 1. The van der Waals surface area contributed by atoms with E-state index in [0.29, 0.717) is 17.9 Å². The first-order valence-corrected chi connectivity index (χ1v) is 12.4. The highest BCUT2D eigenvalue weighted by molar-refractivity contribution is 7.89. The quantitative estimate of drug-likeness (QED) is 0.599. The number of nitrogens with zero attached hydrogens (tertiary/aromatic N) is 2. The van der Waals surface area contributed by atoms with Gasteiger partial charge in [0.1, 0.15) is 11.8 Å². The van der Waals surface area contributed by atoms with Crippen molar-refractivity contribution in [1.29, 1.82) is 0 Å². The van der Waals surface area contributed by atoms with Crippen LogP contribution in [0.5, 0.6) is 5.75 Å². The number of carbonyl (C=O) groups excluding carboxylic acids is 2. The number of amides is 2. The van der Waals surface area contributed by atoms with Crippen LogP contribution in [0.1, 0.15) is 31.0 Å². The maximum atomic E-state index is 13.2. The van der Waals surface area contributed by atoms with E-state index < -0.39 is 28.0 Å². The minimum atomic E-state index is -3.86. The normalized spacial score (nSPS) is 22.4.